The maximum Gasteiger partial charge on any atom is 0.309 e. The molecule has 0 saturated carbocycles. The van der Waals surface area contributed by atoms with Crippen LogP contribution in [0.4, 0.5) is 20.2 Å². The lowest BCUT2D eigenvalue weighted by molar-refractivity contribution is 0.0947. The molecule has 5 aromatic rings. The Morgan fingerprint density at radius 3 is 2.33 bits per heavy atom. The van der Waals surface area contributed by atoms with Crippen LogP contribution in [0.2, 0.25) is 0 Å². The van der Waals surface area contributed by atoms with E-state index in [1.807, 2.05) is 0 Å². The summed E-state index contributed by atoms with van der Waals surface area (Å²) >= 11 is 0. The zero-order chi connectivity index (χ0) is 32.5. The summed E-state index contributed by atoms with van der Waals surface area (Å²) in [5.74, 6) is -1.92. The first kappa shape index (κ1) is 31.1. The van der Waals surface area contributed by atoms with Crippen molar-refractivity contribution in [3.05, 3.63) is 101 Å². The van der Waals surface area contributed by atoms with Crippen molar-refractivity contribution in [1.82, 2.24) is 15.6 Å². The van der Waals surface area contributed by atoms with Gasteiger partial charge in [0.2, 0.25) is 0 Å². The normalized spacial score (nSPS) is 12.4. The molecule has 2 heterocycles. The summed E-state index contributed by atoms with van der Waals surface area (Å²) in [5, 5.41) is 9.08. The molecule has 4 N–H and O–H groups in total. The summed E-state index contributed by atoms with van der Waals surface area (Å²) in [4.78, 5) is 30.3. The maximum atomic E-state index is 13.7. The number of halogens is 2. The van der Waals surface area contributed by atoms with Gasteiger partial charge in [0.05, 0.1) is 48.0 Å². The van der Waals surface area contributed by atoms with Crippen LogP contribution in [0.3, 0.4) is 0 Å². The van der Waals surface area contributed by atoms with Gasteiger partial charge in [0.1, 0.15) is 23.0 Å². The average molecular weight is 634 g/mol. The molecule has 0 saturated heterocycles. The SMILES string of the molecule is CNC(=O)c1c(-c2ccc(F)cc2)oc2cc(N(C)[S+](C)(=O)O)c(-c3ccc(N=N)c(C(=O)NCc4ccc(F)cn4)c3)cc12. The standard InChI is InChI=1S/C31H26F2N6O5S/c1-35-31(41)28-24-13-22(18-6-11-25(38-34)23(12-18)30(40)37-16-21-10-9-20(33)15-36-21)26(39(2)45(3,42)43)14-27(24)44-29(28)17-4-7-19(32)8-5-17/h4-15,34H,16H2,1-3H3,(H2-,35,37,40,41,42,43)/p+1. The zero-order valence-corrected chi connectivity index (χ0v) is 25.0. The quantitative estimate of drug-likeness (QED) is 0.109. The summed E-state index contributed by atoms with van der Waals surface area (Å²) in [6.45, 7) is -0.0280. The van der Waals surface area contributed by atoms with E-state index in [0.717, 1.165) is 16.8 Å². The Bertz CT molecular complexity index is 1990. The van der Waals surface area contributed by atoms with Crippen molar-refractivity contribution >= 4 is 44.6 Å². The van der Waals surface area contributed by atoms with Gasteiger partial charge in [-0.05, 0) is 64.4 Å². The highest BCUT2D eigenvalue weighted by atomic mass is 32.3. The highest BCUT2D eigenvalue weighted by Gasteiger charge is 2.31. The van der Waals surface area contributed by atoms with Gasteiger partial charge in [-0.3, -0.25) is 14.6 Å². The predicted molar refractivity (Wildman–Crippen MR) is 166 cm³/mol. The minimum Gasteiger partial charge on any atom is -0.455 e. The largest absolute Gasteiger partial charge is 0.455 e. The van der Waals surface area contributed by atoms with Crippen molar-refractivity contribution in [2.45, 2.75) is 6.54 Å². The predicted octanol–water partition coefficient (Wildman–Crippen LogP) is 6.35. The Morgan fingerprint density at radius 1 is 1.02 bits per heavy atom. The van der Waals surface area contributed by atoms with Crippen LogP contribution in [0.5, 0.6) is 0 Å². The second-order valence-electron chi connectivity index (χ2n) is 10.0. The number of fused-ring (bicyclic) bond motifs is 1. The fourth-order valence-electron chi connectivity index (χ4n) is 4.72. The van der Waals surface area contributed by atoms with Gasteiger partial charge in [-0.1, -0.05) is 6.07 Å². The Balaban J connectivity index is 1.69. The van der Waals surface area contributed by atoms with Gasteiger partial charge in [0, 0.05) is 29.6 Å². The molecule has 0 aliphatic heterocycles. The van der Waals surface area contributed by atoms with E-state index >= 15 is 0 Å². The number of hydrogen-bond donors (Lipinski definition) is 4. The summed E-state index contributed by atoms with van der Waals surface area (Å²) in [5.41, 5.74) is 9.85. The van der Waals surface area contributed by atoms with Gasteiger partial charge in [0.15, 0.2) is 6.26 Å². The van der Waals surface area contributed by atoms with Crippen LogP contribution in [0, 0.1) is 17.2 Å². The Labute approximate surface area is 257 Å². The molecule has 230 valence electrons. The van der Waals surface area contributed by atoms with Gasteiger partial charge < -0.3 is 15.1 Å². The van der Waals surface area contributed by atoms with E-state index in [1.165, 1.54) is 68.7 Å². The molecule has 0 radical (unpaired) electrons. The number of nitrogens with zero attached hydrogens (tertiary/aromatic N) is 3. The van der Waals surface area contributed by atoms with Gasteiger partial charge in [0.25, 0.3) is 11.8 Å². The van der Waals surface area contributed by atoms with E-state index in [2.05, 4.69) is 20.7 Å². The molecule has 3 aromatic carbocycles. The first-order valence-electron chi connectivity index (χ1n) is 13.4. The van der Waals surface area contributed by atoms with Crippen molar-refractivity contribution in [3.8, 4) is 22.5 Å². The number of benzene rings is 3. The molecular weight excluding hydrogens is 606 g/mol. The van der Waals surface area contributed by atoms with Gasteiger partial charge >= 0.3 is 10.4 Å². The molecule has 1 atom stereocenters. The van der Waals surface area contributed by atoms with E-state index in [9.17, 15) is 27.1 Å². The average Bonchev–Trinajstić information content (AvgIpc) is 3.41. The van der Waals surface area contributed by atoms with Crippen LogP contribution in [0.15, 0.2) is 82.5 Å². The Morgan fingerprint density at radius 2 is 1.71 bits per heavy atom. The number of anilines is 1. The number of carbonyl (C=O) groups excluding carboxylic acids is 2. The van der Waals surface area contributed by atoms with Crippen LogP contribution < -0.4 is 14.9 Å². The third-order valence-corrected chi connectivity index (χ3v) is 8.32. The summed E-state index contributed by atoms with van der Waals surface area (Å²) < 4.78 is 57.5. The second-order valence-corrected chi connectivity index (χ2v) is 12.1. The summed E-state index contributed by atoms with van der Waals surface area (Å²) in [6.07, 6.45) is 2.16. The van der Waals surface area contributed by atoms with Crippen LogP contribution in [0.25, 0.3) is 33.4 Å². The number of carbonyl (C=O) groups is 2. The molecule has 1 unspecified atom stereocenters. The molecular formula is C31H27F2N6O5S+. The molecule has 0 aliphatic carbocycles. The van der Waals surface area contributed by atoms with Crippen molar-refractivity contribution in [3.63, 3.8) is 0 Å². The zero-order valence-electron chi connectivity index (χ0n) is 24.2. The van der Waals surface area contributed by atoms with Crippen LogP contribution >= 0.6 is 0 Å². The van der Waals surface area contributed by atoms with Crippen molar-refractivity contribution < 1.29 is 31.5 Å². The van der Waals surface area contributed by atoms with Crippen molar-refractivity contribution in [2.75, 3.05) is 24.7 Å². The highest BCUT2D eigenvalue weighted by molar-refractivity contribution is 7.98. The number of nitrogens with one attached hydrogen (secondary N) is 3. The topological polar surface area (TPSA) is 161 Å². The fraction of sp³-hybridized carbons (Fsp3) is 0.129. The van der Waals surface area contributed by atoms with Crippen molar-refractivity contribution in [2.24, 2.45) is 5.11 Å². The summed E-state index contributed by atoms with van der Waals surface area (Å²) in [7, 11) is -0.698. The number of furan rings is 1. The first-order valence-corrected chi connectivity index (χ1v) is 15.2. The molecule has 0 aliphatic rings. The van der Waals surface area contributed by atoms with Gasteiger partial charge in [-0.25, -0.2) is 14.3 Å². The fourth-order valence-corrected chi connectivity index (χ4v) is 5.24. The van der Waals surface area contributed by atoms with E-state index in [0.29, 0.717) is 27.8 Å². The Kier molecular flexibility index (Phi) is 8.53. The molecule has 2 amide bonds. The van der Waals surface area contributed by atoms with E-state index < -0.39 is 33.8 Å². The molecule has 0 fully saturated rings. The third-order valence-electron chi connectivity index (χ3n) is 7.11. The maximum absolute atomic E-state index is 13.7. The molecule has 0 bridgehead atoms. The lowest BCUT2D eigenvalue weighted by Crippen LogP contribution is -2.31. The second kappa shape index (κ2) is 12.3. The van der Waals surface area contributed by atoms with Crippen LogP contribution in [0.1, 0.15) is 26.4 Å². The smallest absolute Gasteiger partial charge is 0.309 e. The molecule has 5 rings (SSSR count). The number of aromatic nitrogens is 1. The van der Waals surface area contributed by atoms with E-state index in [-0.39, 0.29) is 40.4 Å². The van der Waals surface area contributed by atoms with Crippen LogP contribution in [-0.4, -0.2) is 41.7 Å². The molecule has 14 heteroatoms. The van der Waals surface area contributed by atoms with Crippen molar-refractivity contribution in [1.29, 1.82) is 5.53 Å². The number of amides is 2. The van der Waals surface area contributed by atoms with E-state index in [4.69, 9.17) is 9.95 Å². The minimum atomic E-state index is -3.56. The lowest BCUT2D eigenvalue weighted by atomic mass is 9.96. The number of hydrogen-bond acceptors (Lipinski definition) is 7. The molecule has 0 spiro atoms. The van der Waals surface area contributed by atoms with E-state index in [1.54, 1.807) is 12.1 Å². The monoisotopic (exact) mass is 633 g/mol. The highest BCUT2D eigenvalue weighted by Crippen LogP contribution is 2.42. The van der Waals surface area contributed by atoms with Crippen LogP contribution in [-0.2, 0) is 21.2 Å². The molecule has 45 heavy (non-hydrogen) atoms. The Hall–Kier alpha value is -5.34. The molecule has 11 nitrogen and oxygen atoms in total. The van der Waals surface area contributed by atoms with Gasteiger partial charge in [-0.15, -0.1) is 0 Å². The van der Waals surface area contributed by atoms with Gasteiger partial charge in [-0.2, -0.15) is 14.0 Å². The number of rotatable bonds is 9. The lowest BCUT2D eigenvalue weighted by Gasteiger charge is -2.19. The first-order chi connectivity index (χ1) is 21.4. The molecule has 2 aromatic heterocycles. The minimum absolute atomic E-state index is 0.0188. The third kappa shape index (κ3) is 6.32. The summed E-state index contributed by atoms with van der Waals surface area (Å²) in [6, 6.07) is 15.6. The number of pyridine rings is 1.